The van der Waals surface area contributed by atoms with E-state index in [0.717, 1.165) is 5.56 Å². The number of ether oxygens (including phenoxy) is 1. The molecule has 0 aliphatic heterocycles. The number of carbonyl (C=O) groups excluding carboxylic acids is 1. The zero-order valence-electron chi connectivity index (χ0n) is 12.8. The molecule has 7 heteroatoms. The van der Waals surface area contributed by atoms with Crippen LogP contribution in [-0.2, 0) is 14.8 Å². The standard InChI is InChI=1S/C16H18N2O4S/c1-11-5-3-4-6-15(11)22-12(2)16(19)18-13-7-9-14(10-8-13)23(17,20)21/h3-10,12H,1-2H3,(H,18,19)(H2,17,20,21). The first kappa shape index (κ1) is 17.0. The molecule has 3 N–H and O–H groups in total. The summed E-state index contributed by atoms with van der Waals surface area (Å²) in [6.45, 7) is 3.53. The van der Waals surface area contributed by atoms with Crippen LogP contribution < -0.4 is 15.2 Å². The van der Waals surface area contributed by atoms with Crippen molar-refractivity contribution in [2.75, 3.05) is 5.32 Å². The number of benzene rings is 2. The van der Waals surface area contributed by atoms with Gasteiger partial charge in [0.05, 0.1) is 4.90 Å². The van der Waals surface area contributed by atoms with Crippen LogP contribution in [-0.4, -0.2) is 20.4 Å². The third-order valence-corrected chi connectivity index (χ3v) is 4.15. The minimum Gasteiger partial charge on any atom is -0.481 e. The highest BCUT2D eigenvalue weighted by atomic mass is 32.2. The average Bonchev–Trinajstić information content (AvgIpc) is 2.49. The Hall–Kier alpha value is -2.38. The number of rotatable bonds is 5. The van der Waals surface area contributed by atoms with Crippen LogP contribution in [0.4, 0.5) is 5.69 Å². The van der Waals surface area contributed by atoms with Crippen molar-refractivity contribution in [2.45, 2.75) is 24.8 Å². The smallest absolute Gasteiger partial charge is 0.265 e. The Morgan fingerprint density at radius 1 is 1.13 bits per heavy atom. The van der Waals surface area contributed by atoms with Crippen molar-refractivity contribution in [3.8, 4) is 5.75 Å². The number of carbonyl (C=O) groups is 1. The number of nitrogens with two attached hydrogens (primary N) is 1. The van der Waals surface area contributed by atoms with Crippen molar-refractivity contribution >= 4 is 21.6 Å². The molecular weight excluding hydrogens is 316 g/mol. The fourth-order valence-electron chi connectivity index (χ4n) is 1.90. The first-order chi connectivity index (χ1) is 10.8. The molecule has 0 spiro atoms. The summed E-state index contributed by atoms with van der Waals surface area (Å²) in [6, 6.07) is 13.0. The molecule has 1 atom stereocenters. The molecule has 2 rings (SSSR count). The Morgan fingerprint density at radius 3 is 2.30 bits per heavy atom. The first-order valence-corrected chi connectivity index (χ1v) is 8.48. The van der Waals surface area contributed by atoms with E-state index in [2.05, 4.69) is 5.32 Å². The average molecular weight is 334 g/mol. The first-order valence-electron chi connectivity index (χ1n) is 6.93. The highest BCUT2D eigenvalue weighted by molar-refractivity contribution is 7.89. The van der Waals surface area contributed by atoms with Crippen molar-refractivity contribution in [2.24, 2.45) is 5.14 Å². The van der Waals surface area contributed by atoms with E-state index in [4.69, 9.17) is 9.88 Å². The van der Waals surface area contributed by atoms with Crippen molar-refractivity contribution in [1.29, 1.82) is 0 Å². The Kier molecular flexibility index (Phi) is 5.02. The lowest BCUT2D eigenvalue weighted by atomic mass is 10.2. The minimum atomic E-state index is -3.75. The van der Waals surface area contributed by atoms with Crippen LogP contribution in [0.3, 0.4) is 0 Å². The summed E-state index contributed by atoms with van der Waals surface area (Å²) in [7, 11) is -3.75. The van der Waals surface area contributed by atoms with E-state index in [9.17, 15) is 13.2 Å². The zero-order valence-corrected chi connectivity index (χ0v) is 13.6. The quantitative estimate of drug-likeness (QED) is 0.874. The van der Waals surface area contributed by atoms with Crippen LogP contribution in [0.1, 0.15) is 12.5 Å². The molecule has 122 valence electrons. The lowest BCUT2D eigenvalue weighted by molar-refractivity contribution is -0.122. The molecule has 2 aromatic carbocycles. The van der Waals surface area contributed by atoms with Gasteiger partial charge in [-0.25, -0.2) is 13.6 Å². The Balaban J connectivity index is 2.02. The summed E-state index contributed by atoms with van der Waals surface area (Å²) in [5.74, 6) is 0.302. The second-order valence-corrected chi connectivity index (χ2v) is 6.65. The molecule has 0 aliphatic rings. The second kappa shape index (κ2) is 6.80. The zero-order chi connectivity index (χ0) is 17.0. The summed E-state index contributed by atoms with van der Waals surface area (Å²) >= 11 is 0. The Morgan fingerprint density at radius 2 is 1.74 bits per heavy atom. The van der Waals surface area contributed by atoms with Gasteiger partial charge in [0.2, 0.25) is 10.0 Å². The monoisotopic (exact) mass is 334 g/mol. The number of hydrogen-bond acceptors (Lipinski definition) is 4. The van der Waals surface area contributed by atoms with Gasteiger partial charge in [-0.2, -0.15) is 0 Å². The van der Waals surface area contributed by atoms with E-state index in [1.807, 2.05) is 25.1 Å². The third kappa shape index (κ3) is 4.54. The van der Waals surface area contributed by atoms with Crippen LogP contribution >= 0.6 is 0 Å². The van der Waals surface area contributed by atoms with Crippen LogP contribution in [0, 0.1) is 6.92 Å². The van der Waals surface area contributed by atoms with E-state index in [1.165, 1.54) is 24.3 Å². The minimum absolute atomic E-state index is 0.0142. The molecule has 0 aromatic heterocycles. The number of amides is 1. The molecule has 2 aromatic rings. The Labute approximate surface area is 135 Å². The van der Waals surface area contributed by atoms with E-state index in [0.29, 0.717) is 11.4 Å². The molecule has 6 nitrogen and oxygen atoms in total. The van der Waals surface area contributed by atoms with Gasteiger partial charge in [0.25, 0.3) is 5.91 Å². The summed E-state index contributed by atoms with van der Waals surface area (Å²) in [6.07, 6.45) is -0.700. The summed E-state index contributed by atoms with van der Waals surface area (Å²) in [5.41, 5.74) is 1.40. The molecule has 0 heterocycles. The molecule has 0 saturated heterocycles. The second-order valence-electron chi connectivity index (χ2n) is 5.08. The van der Waals surface area contributed by atoms with Gasteiger partial charge >= 0.3 is 0 Å². The van der Waals surface area contributed by atoms with Gasteiger partial charge in [-0.05, 0) is 49.7 Å². The number of anilines is 1. The Bertz CT molecular complexity index is 801. The van der Waals surface area contributed by atoms with Gasteiger partial charge in [-0.3, -0.25) is 4.79 Å². The van der Waals surface area contributed by atoms with Gasteiger partial charge in [-0.15, -0.1) is 0 Å². The van der Waals surface area contributed by atoms with E-state index in [-0.39, 0.29) is 10.8 Å². The lowest BCUT2D eigenvalue weighted by Gasteiger charge is -2.16. The largest absolute Gasteiger partial charge is 0.481 e. The maximum absolute atomic E-state index is 12.1. The normalized spacial score (nSPS) is 12.5. The lowest BCUT2D eigenvalue weighted by Crippen LogP contribution is -2.30. The predicted octanol–water partition coefficient (Wildman–Crippen LogP) is 2.05. The molecule has 0 saturated carbocycles. The van der Waals surface area contributed by atoms with Gasteiger partial charge < -0.3 is 10.1 Å². The predicted molar refractivity (Wildman–Crippen MR) is 87.7 cm³/mol. The van der Waals surface area contributed by atoms with Gasteiger partial charge in [-0.1, -0.05) is 18.2 Å². The number of primary sulfonamides is 1. The summed E-state index contributed by atoms with van der Waals surface area (Å²) in [4.78, 5) is 12.1. The molecule has 1 amide bonds. The van der Waals surface area contributed by atoms with E-state index >= 15 is 0 Å². The van der Waals surface area contributed by atoms with Crippen LogP contribution in [0.2, 0.25) is 0 Å². The van der Waals surface area contributed by atoms with Crippen LogP contribution in [0.5, 0.6) is 5.75 Å². The maximum atomic E-state index is 12.1. The number of sulfonamides is 1. The maximum Gasteiger partial charge on any atom is 0.265 e. The van der Waals surface area contributed by atoms with Crippen molar-refractivity contribution in [1.82, 2.24) is 0 Å². The molecule has 0 aliphatic carbocycles. The van der Waals surface area contributed by atoms with Crippen LogP contribution in [0.15, 0.2) is 53.4 Å². The number of para-hydroxylation sites is 1. The molecule has 1 unspecified atom stereocenters. The summed E-state index contributed by atoms with van der Waals surface area (Å²) < 4.78 is 28.0. The summed E-state index contributed by atoms with van der Waals surface area (Å²) in [5, 5.41) is 7.68. The van der Waals surface area contributed by atoms with E-state index < -0.39 is 16.1 Å². The van der Waals surface area contributed by atoms with Gasteiger partial charge in [0, 0.05) is 5.69 Å². The number of hydrogen-bond donors (Lipinski definition) is 2. The SMILES string of the molecule is Cc1ccccc1OC(C)C(=O)Nc1ccc(S(N)(=O)=O)cc1. The fourth-order valence-corrected chi connectivity index (χ4v) is 2.42. The number of nitrogens with one attached hydrogen (secondary N) is 1. The molecule has 0 bridgehead atoms. The molecule has 0 fully saturated rings. The van der Waals surface area contributed by atoms with Gasteiger partial charge in [0.15, 0.2) is 6.10 Å². The molecule has 23 heavy (non-hydrogen) atoms. The fraction of sp³-hybridized carbons (Fsp3) is 0.188. The topological polar surface area (TPSA) is 98.5 Å². The van der Waals surface area contributed by atoms with Crippen molar-refractivity contribution in [3.05, 3.63) is 54.1 Å². The molecule has 0 radical (unpaired) electrons. The van der Waals surface area contributed by atoms with Crippen molar-refractivity contribution in [3.63, 3.8) is 0 Å². The van der Waals surface area contributed by atoms with Crippen molar-refractivity contribution < 1.29 is 17.9 Å². The van der Waals surface area contributed by atoms with Crippen LogP contribution in [0.25, 0.3) is 0 Å². The van der Waals surface area contributed by atoms with Gasteiger partial charge in [0.1, 0.15) is 5.75 Å². The van der Waals surface area contributed by atoms with E-state index in [1.54, 1.807) is 13.0 Å². The number of aryl methyl sites for hydroxylation is 1. The molecular formula is C16H18N2O4S. The third-order valence-electron chi connectivity index (χ3n) is 3.22. The highest BCUT2D eigenvalue weighted by Gasteiger charge is 2.16. The highest BCUT2D eigenvalue weighted by Crippen LogP contribution is 2.19.